The van der Waals surface area contributed by atoms with Crippen LogP contribution in [0.4, 0.5) is 0 Å². The summed E-state index contributed by atoms with van der Waals surface area (Å²) in [6.07, 6.45) is 3.07. The minimum Gasteiger partial charge on any atom is -0.480 e. The average Bonchev–Trinajstić information content (AvgIpc) is 2.63. The maximum absolute atomic E-state index is 10.7. The molecule has 1 saturated heterocycles. The maximum Gasteiger partial charge on any atom is 0.327 e. The lowest BCUT2D eigenvalue weighted by atomic mass is 10.2. The van der Waals surface area contributed by atoms with Gasteiger partial charge in [-0.3, -0.25) is 4.79 Å². The molecule has 1 fully saturated rings. The predicted molar refractivity (Wildman–Crippen MR) is 61.5 cm³/mol. The smallest absolute Gasteiger partial charge is 0.327 e. The number of carbonyl (C=O) groups is 2. The highest BCUT2D eigenvalue weighted by atomic mass is 32.2. The molecule has 0 spiro atoms. The number of carboxylic acid groups (broad SMARTS) is 1. The molecule has 1 heterocycles. The van der Waals surface area contributed by atoms with E-state index < -0.39 is 12.0 Å². The summed E-state index contributed by atoms with van der Waals surface area (Å²) in [6.45, 7) is 2.04. The highest BCUT2D eigenvalue weighted by molar-refractivity contribution is 7.99. The zero-order valence-corrected chi connectivity index (χ0v) is 10.0. The van der Waals surface area contributed by atoms with Gasteiger partial charge >= 0.3 is 5.97 Å². The Morgan fingerprint density at radius 1 is 1.69 bits per heavy atom. The van der Waals surface area contributed by atoms with Crippen molar-refractivity contribution in [1.82, 2.24) is 5.32 Å². The van der Waals surface area contributed by atoms with Gasteiger partial charge < -0.3 is 15.2 Å². The molecule has 0 saturated carbocycles. The van der Waals surface area contributed by atoms with Gasteiger partial charge in [-0.1, -0.05) is 0 Å². The summed E-state index contributed by atoms with van der Waals surface area (Å²) in [5.74, 6) is 0.164. The minimum atomic E-state index is -1.000. The average molecular weight is 247 g/mol. The van der Waals surface area contributed by atoms with Crippen LogP contribution in [0.15, 0.2) is 0 Å². The van der Waals surface area contributed by atoms with Crippen molar-refractivity contribution in [2.24, 2.45) is 0 Å². The van der Waals surface area contributed by atoms with Gasteiger partial charge in [0.1, 0.15) is 6.04 Å². The Hall–Kier alpha value is -0.750. The summed E-state index contributed by atoms with van der Waals surface area (Å²) < 4.78 is 5.61. The Balaban J connectivity index is 2.17. The second-order valence-electron chi connectivity index (χ2n) is 3.86. The number of nitrogens with one attached hydrogen (secondary N) is 1. The molecule has 0 bridgehead atoms. The molecule has 0 aliphatic carbocycles. The van der Waals surface area contributed by atoms with E-state index in [1.807, 2.05) is 6.92 Å². The number of carboxylic acids is 1. The van der Waals surface area contributed by atoms with Gasteiger partial charge in [-0.2, -0.15) is 11.8 Å². The van der Waals surface area contributed by atoms with Gasteiger partial charge in [0, 0.05) is 11.5 Å². The van der Waals surface area contributed by atoms with Crippen LogP contribution in [-0.4, -0.2) is 47.2 Å². The van der Waals surface area contributed by atoms with Gasteiger partial charge in [-0.25, -0.2) is 4.79 Å². The Labute approximate surface area is 98.9 Å². The van der Waals surface area contributed by atoms with E-state index in [0.717, 1.165) is 18.6 Å². The first-order valence-corrected chi connectivity index (χ1v) is 6.44. The fraction of sp³-hybridized carbons (Fsp3) is 0.800. The Bertz CT molecular complexity index is 249. The SMILES string of the molecule is CC1CCC(CSCC(NC=O)C(=O)O)O1. The van der Waals surface area contributed by atoms with Gasteiger partial charge in [0.25, 0.3) is 0 Å². The Kier molecular flexibility index (Phi) is 5.62. The molecule has 0 aromatic carbocycles. The summed E-state index contributed by atoms with van der Waals surface area (Å²) in [7, 11) is 0. The van der Waals surface area contributed by atoms with Crippen LogP contribution in [-0.2, 0) is 14.3 Å². The van der Waals surface area contributed by atoms with Crippen molar-refractivity contribution in [3.8, 4) is 0 Å². The topological polar surface area (TPSA) is 75.6 Å². The predicted octanol–water partition coefficient (Wildman–Crippen LogP) is 0.486. The standard InChI is InChI=1S/C10H17NO4S/c1-7-2-3-8(15-7)4-16-5-9(10(13)14)11-6-12/h6-9H,2-5H2,1H3,(H,11,12)(H,13,14). The summed E-state index contributed by atoms with van der Waals surface area (Å²) in [4.78, 5) is 20.9. The first-order chi connectivity index (χ1) is 7.63. The summed E-state index contributed by atoms with van der Waals surface area (Å²) in [6, 6.07) is -0.804. The van der Waals surface area contributed by atoms with Crippen molar-refractivity contribution in [3.05, 3.63) is 0 Å². The molecule has 16 heavy (non-hydrogen) atoms. The number of aliphatic carboxylic acids is 1. The Morgan fingerprint density at radius 2 is 2.44 bits per heavy atom. The number of amides is 1. The van der Waals surface area contributed by atoms with E-state index in [-0.39, 0.29) is 6.10 Å². The molecule has 3 atom stereocenters. The van der Waals surface area contributed by atoms with E-state index >= 15 is 0 Å². The highest BCUT2D eigenvalue weighted by Gasteiger charge is 2.23. The van der Waals surface area contributed by atoms with Gasteiger partial charge in [-0.05, 0) is 19.8 Å². The van der Waals surface area contributed by atoms with Crippen molar-refractivity contribution in [3.63, 3.8) is 0 Å². The third-order valence-corrected chi connectivity index (χ3v) is 3.65. The lowest BCUT2D eigenvalue weighted by molar-refractivity contribution is -0.139. The fourth-order valence-electron chi connectivity index (χ4n) is 1.60. The number of hydrogen-bond donors (Lipinski definition) is 2. The molecule has 1 amide bonds. The Morgan fingerprint density at radius 3 is 2.94 bits per heavy atom. The molecule has 1 aliphatic rings. The second kappa shape index (κ2) is 6.75. The molecule has 92 valence electrons. The first kappa shape index (κ1) is 13.3. The summed E-state index contributed by atoms with van der Waals surface area (Å²) >= 11 is 1.50. The number of thioether (sulfide) groups is 1. The second-order valence-corrected chi connectivity index (χ2v) is 4.93. The molecule has 6 heteroatoms. The summed E-state index contributed by atoms with van der Waals surface area (Å²) in [5, 5.41) is 11.0. The van der Waals surface area contributed by atoms with Crippen molar-refractivity contribution in [2.45, 2.75) is 38.0 Å². The minimum absolute atomic E-state index is 0.227. The first-order valence-electron chi connectivity index (χ1n) is 5.29. The van der Waals surface area contributed by atoms with Crippen LogP contribution in [0.2, 0.25) is 0 Å². The van der Waals surface area contributed by atoms with Crippen LogP contribution in [0.5, 0.6) is 0 Å². The monoisotopic (exact) mass is 247 g/mol. The number of carbonyl (C=O) groups excluding carboxylic acids is 1. The maximum atomic E-state index is 10.7. The molecule has 0 radical (unpaired) electrons. The third-order valence-electron chi connectivity index (χ3n) is 2.48. The number of rotatable bonds is 7. The van der Waals surface area contributed by atoms with Crippen molar-refractivity contribution in [2.75, 3.05) is 11.5 Å². The zero-order valence-electron chi connectivity index (χ0n) is 9.22. The van der Waals surface area contributed by atoms with Gasteiger partial charge in [-0.15, -0.1) is 0 Å². The van der Waals surface area contributed by atoms with Crippen LogP contribution in [0.25, 0.3) is 0 Å². The van der Waals surface area contributed by atoms with E-state index in [1.165, 1.54) is 11.8 Å². The van der Waals surface area contributed by atoms with Crippen LogP contribution in [0.1, 0.15) is 19.8 Å². The van der Waals surface area contributed by atoms with Crippen LogP contribution in [0.3, 0.4) is 0 Å². The lowest BCUT2D eigenvalue weighted by Crippen LogP contribution is -2.38. The quantitative estimate of drug-likeness (QED) is 0.640. The molecule has 2 N–H and O–H groups in total. The van der Waals surface area contributed by atoms with Crippen molar-refractivity contribution in [1.29, 1.82) is 0 Å². The zero-order chi connectivity index (χ0) is 12.0. The molecule has 3 unspecified atom stereocenters. The lowest BCUT2D eigenvalue weighted by Gasteiger charge is -2.13. The van der Waals surface area contributed by atoms with Crippen molar-refractivity contribution >= 4 is 24.1 Å². The van der Waals surface area contributed by atoms with Crippen LogP contribution < -0.4 is 5.32 Å². The van der Waals surface area contributed by atoms with Gasteiger partial charge in [0.15, 0.2) is 0 Å². The number of ether oxygens (including phenoxy) is 1. The van der Waals surface area contributed by atoms with Crippen LogP contribution >= 0.6 is 11.8 Å². The third kappa shape index (κ3) is 4.40. The van der Waals surface area contributed by atoms with Gasteiger partial charge in [0.2, 0.25) is 6.41 Å². The van der Waals surface area contributed by atoms with E-state index in [1.54, 1.807) is 0 Å². The molecular weight excluding hydrogens is 230 g/mol. The number of hydrogen-bond acceptors (Lipinski definition) is 4. The molecular formula is C10H17NO4S. The van der Waals surface area contributed by atoms with Gasteiger partial charge in [0.05, 0.1) is 12.2 Å². The molecule has 1 rings (SSSR count). The largest absolute Gasteiger partial charge is 0.480 e. The molecule has 1 aliphatic heterocycles. The molecule has 5 nitrogen and oxygen atoms in total. The van der Waals surface area contributed by atoms with E-state index in [2.05, 4.69) is 5.32 Å². The van der Waals surface area contributed by atoms with E-state index in [0.29, 0.717) is 18.3 Å². The summed E-state index contributed by atoms with van der Waals surface area (Å²) in [5.41, 5.74) is 0. The van der Waals surface area contributed by atoms with Crippen LogP contribution in [0, 0.1) is 0 Å². The van der Waals surface area contributed by atoms with E-state index in [9.17, 15) is 9.59 Å². The fourth-order valence-corrected chi connectivity index (χ4v) is 2.72. The van der Waals surface area contributed by atoms with E-state index in [4.69, 9.17) is 9.84 Å². The normalized spacial score (nSPS) is 26.3. The molecule has 0 aromatic heterocycles. The van der Waals surface area contributed by atoms with Crippen molar-refractivity contribution < 1.29 is 19.4 Å². The molecule has 0 aromatic rings. The highest BCUT2D eigenvalue weighted by Crippen LogP contribution is 2.22.